The highest BCUT2D eigenvalue weighted by Crippen LogP contribution is 2.33. The molecule has 1 fully saturated rings. The second kappa shape index (κ2) is 8.25. The number of hydrogen-bond acceptors (Lipinski definition) is 4. The van der Waals surface area contributed by atoms with Gasteiger partial charge in [-0.25, -0.2) is 14.2 Å². The van der Waals surface area contributed by atoms with Crippen molar-refractivity contribution in [2.24, 2.45) is 0 Å². The zero-order valence-electron chi connectivity index (χ0n) is 16.0. The summed E-state index contributed by atoms with van der Waals surface area (Å²) in [5.74, 6) is 0.220. The first kappa shape index (κ1) is 20.9. The van der Waals surface area contributed by atoms with Crippen LogP contribution in [0.2, 0.25) is 5.02 Å². The number of likely N-dealkylation sites (tertiary alicyclic amines) is 1. The maximum Gasteiger partial charge on any atom is 0.410 e. The minimum atomic E-state index is -0.549. The van der Waals surface area contributed by atoms with Crippen molar-refractivity contribution in [2.45, 2.75) is 38.8 Å². The average Bonchev–Trinajstić information content (AvgIpc) is 3.08. The molecule has 1 aromatic carbocycles. The summed E-state index contributed by atoms with van der Waals surface area (Å²) < 4.78 is 20.0. The number of nitrogens with zero attached hydrogens (tertiary/aromatic N) is 3. The van der Waals surface area contributed by atoms with Gasteiger partial charge in [-0.05, 0) is 73.5 Å². The molecule has 150 valence electrons. The molecule has 1 aliphatic rings. The Labute approximate surface area is 177 Å². The number of pyridine rings is 1. The molecule has 1 atom stereocenters. The summed E-state index contributed by atoms with van der Waals surface area (Å²) in [6.07, 6.45) is 2.09. The largest absolute Gasteiger partial charge is 0.444 e. The smallest absolute Gasteiger partial charge is 0.410 e. The minimum absolute atomic E-state index is 0.0391. The van der Waals surface area contributed by atoms with E-state index in [0.717, 1.165) is 16.6 Å². The fourth-order valence-corrected chi connectivity index (χ4v) is 3.53. The summed E-state index contributed by atoms with van der Waals surface area (Å²) in [6, 6.07) is 8.31. The highest BCUT2D eigenvalue weighted by atomic mass is 79.9. The van der Waals surface area contributed by atoms with Crippen molar-refractivity contribution in [3.8, 4) is 0 Å². The quantitative estimate of drug-likeness (QED) is 0.570. The Morgan fingerprint density at radius 2 is 2.11 bits per heavy atom. The highest BCUT2D eigenvalue weighted by Gasteiger charge is 2.34. The van der Waals surface area contributed by atoms with E-state index < -0.39 is 11.4 Å². The first-order chi connectivity index (χ1) is 13.1. The Morgan fingerprint density at radius 3 is 2.71 bits per heavy atom. The number of carbonyl (C=O) groups excluding carboxylic acids is 1. The molecular formula is C20H22BrClFN3O2. The van der Waals surface area contributed by atoms with E-state index >= 15 is 0 Å². The monoisotopic (exact) mass is 469 g/mol. The Bertz CT molecular complexity index is 858. The van der Waals surface area contributed by atoms with Gasteiger partial charge in [0.1, 0.15) is 17.2 Å². The van der Waals surface area contributed by atoms with Crippen LogP contribution in [-0.2, 0) is 4.74 Å². The number of anilines is 2. The van der Waals surface area contributed by atoms with Gasteiger partial charge in [0.2, 0.25) is 0 Å². The van der Waals surface area contributed by atoms with Crippen molar-refractivity contribution in [3.63, 3.8) is 0 Å². The zero-order chi connectivity index (χ0) is 20.5. The standard InChI is InChI=1S/C20H22BrClFN3O2/c1-20(2,3)28-19(27)25-9-8-15(12-25)26(18-7-4-13(21)11-24-18)14-5-6-17(23)16(22)10-14/h4-7,10-11,15H,8-9,12H2,1-3H3/t15-/m0/s1. The second-order valence-corrected chi connectivity index (χ2v) is 8.99. The fraction of sp³-hybridized carbons (Fsp3) is 0.400. The summed E-state index contributed by atoms with van der Waals surface area (Å²) >= 11 is 9.41. The lowest BCUT2D eigenvalue weighted by atomic mass is 10.1. The van der Waals surface area contributed by atoms with Gasteiger partial charge in [0, 0.05) is 29.4 Å². The molecule has 2 heterocycles. The van der Waals surface area contributed by atoms with Crippen molar-refractivity contribution in [1.29, 1.82) is 0 Å². The molecule has 0 N–H and O–H groups in total. The van der Waals surface area contributed by atoms with Crippen LogP contribution in [0.5, 0.6) is 0 Å². The topological polar surface area (TPSA) is 45.7 Å². The number of benzene rings is 1. The van der Waals surface area contributed by atoms with Crippen LogP contribution in [0.15, 0.2) is 41.0 Å². The zero-order valence-corrected chi connectivity index (χ0v) is 18.3. The third kappa shape index (κ3) is 4.94. The van der Waals surface area contributed by atoms with Gasteiger partial charge < -0.3 is 14.5 Å². The molecule has 3 rings (SSSR count). The maximum absolute atomic E-state index is 13.7. The van der Waals surface area contributed by atoms with Gasteiger partial charge in [0.25, 0.3) is 0 Å². The first-order valence-corrected chi connectivity index (χ1v) is 10.1. The minimum Gasteiger partial charge on any atom is -0.444 e. The molecule has 0 aliphatic carbocycles. The van der Waals surface area contributed by atoms with Crippen LogP contribution < -0.4 is 4.90 Å². The predicted molar refractivity (Wildman–Crippen MR) is 112 cm³/mol. The van der Waals surface area contributed by atoms with Crippen LogP contribution in [0.1, 0.15) is 27.2 Å². The molecule has 1 amide bonds. The maximum atomic E-state index is 13.7. The van der Waals surface area contributed by atoms with E-state index in [2.05, 4.69) is 20.9 Å². The third-order valence-corrected chi connectivity index (χ3v) is 5.08. The molecular weight excluding hydrogens is 449 g/mol. The summed E-state index contributed by atoms with van der Waals surface area (Å²) in [5, 5.41) is 0.0432. The number of ether oxygens (including phenoxy) is 1. The molecule has 1 aliphatic heterocycles. The highest BCUT2D eigenvalue weighted by molar-refractivity contribution is 9.10. The van der Waals surface area contributed by atoms with Gasteiger partial charge in [-0.15, -0.1) is 0 Å². The number of amides is 1. The number of halogens is 3. The first-order valence-electron chi connectivity index (χ1n) is 8.98. The number of hydrogen-bond donors (Lipinski definition) is 0. The van der Waals surface area contributed by atoms with Gasteiger partial charge in [-0.3, -0.25) is 0 Å². The van der Waals surface area contributed by atoms with Crippen LogP contribution in [0, 0.1) is 5.82 Å². The molecule has 0 saturated carbocycles. The van der Waals surface area contributed by atoms with E-state index in [0.29, 0.717) is 18.9 Å². The second-order valence-electron chi connectivity index (χ2n) is 7.67. The Morgan fingerprint density at radius 1 is 1.36 bits per heavy atom. The van der Waals surface area contributed by atoms with Crippen molar-refractivity contribution < 1.29 is 13.9 Å². The lowest BCUT2D eigenvalue weighted by Crippen LogP contribution is -2.39. The molecule has 0 radical (unpaired) electrons. The van der Waals surface area contributed by atoms with Crippen LogP contribution in [0.3, 0.4) is 0 Å². The third-order valence-electron chi connectivity index (χ3n) is 4.32. The van der Waals surface area contributed by atoms with Gasteiger partial charge in [-0.2, -0.15) is 0 Å². The summed E-state index contributed by atoms with van der Waals surface area (Å²) in [4.78, 5) is 20.6. The molecule has 5 nitrogen and oxygen atoms in total. The molecule has 0 spiro atoms. The number of carbonyl (C=O) groups is 1. The van der Waals surface area contributed by atoms with Crippen molar-refractivity contribution in [2.75, 3.05) is 18.0 Å². The van der Waals surface area contributed by atoms with Crippen molar-refractivity contribution in [1.82, 2.24) is 9.88 Å². The van der Waals surface area contributed by atoms with E-state index in [-0.39, 0.29) is 17.2 Å². The van der Waals surface area contributed by atoms with Crippen molar-refractivity contribution >= 4 is 45.1 Å². The van der Waals surface area contributed by atoms with E-state index in [1.165, 1.54) is 6.07 Å². The van der Waals surface area contributed by atoms with E-state index in [4.69, 9.17) is 16.3 Å². The van der Waals surface area contributed by atoms with Crippen LogP contribution in [0.4, 0.5) is 20.7 Å². The summed E-state index contributed by atoms with van der Waals surface area (Å²) in [5.41, 5.74) is 0.171. The van der Waals surface area contributed by atoms with Crippen LogP contribution in [0.25, 0.3) is 0 Å². The Kier molecular flexibility index (Phi) is 6.15. The predicted octanol–water partition coefficient (Wildman–Crippen LogP) is 5.78. The number of rotatable bonds is 3. The lowest BCUT2D eigenvalue weighted by molar-refractivity contribution is 0.0293. The van der Waals surface area contributed by atoms with Crippen LogP contribution >= 0.6 is 27.5 Å². The molecule has 2 aromatic rings. The normalized spacial score (nSPS) is 16.9. The Hall–Kier alpha value is -1.86. The number of aromatic nitrogens is 1. The average molecular weight is 471 g/mol. The summed E-state index contributed by atoms with van der Waals surface area (Å²) in [7, 11) is 0. The SMILES string of the molecule is CC(C)(C)OC(=O)N1CC[C@H](N(c2ccc(F)c(Cl)c2)c2ccc(Br)cn2)C1. The summed E-state index contributed by atoms with van der Waals surface area (Å²) in [6.45, 7) is 6.58. The molecule has 1 aromatic heterocycles. The van der Waals surface area contributed by atoms with E-state index in [1.807, 2.05) is 37.8 Å². The van der Waals surface area contributed by atoms with Crippen molar-refractivity contribution in [3.05, 3.63) is 51.8 Å². The lowest BCUT2D eigenvalue weighted by Gasteiger charge is -2.31. The Balaban J connectivity index is 1.88. The van der Waals surface area contributed by atoms with Gasteiger partial charge in [0.15, 0.2) is 0 Å². The fourth-order valence-electron chi connectivity index (χ4n) is 3.12. The van der Waals surface area contributed by atoms with E-state index in [9.17, 15) is 9.18 Å². The van der Waals surface area contributed by atoms with E-state index in [1.54, 1.807) is 23.2 Å². The van der Waals surface area contributed by atoms with Gasteiger partial charge in [0.05, 0.1) is 11.1 Å². The molecule has 0 bridgehead atoms. The molecule has 8 heteroatoms. The molecule has 28 heavy (non-hydrogen) atoms. The van der Waals surface area contributed by atoms with Gasteiger partial charge in [-0.1, -0.05) is 11.6 Å². The molecule has 1 saturated heterocycles. The van der Waals surface area contributed by atoms with Gasteiger partial charge >= 0.3 is 6.09 Å². The molecule has 0 unspecified atom stereocenters. The van der Waals surface area contributed by atoms with Crippen LogP contribution in [-0.4, -0.2) is 40.7 Å².